The van der Waals surface area contributed by atoms with Crippen LogP contribution in [0.15, 0.2) is 18.2 Å². The SMILES string of the molecule is O=C1CCC(=O)N1CCC(=O)N1CCCc2cccc(F)c21. The summed E-state index contributed by atoms with van der Waals surface area (Å²) in [5, 5.41) is 0. The third-order valence-electron chi connectivity index (χ3n) is 4.17. The van der Waals surface area contributed by atoms with Gasteiger partial charge in [0.2, 0.25) is 17.7 Å². The van der Waals surface area contributed by atoms with Gasteiger partial charge in [-0.15, -0.1) is 0 Å². The van der Waals surface area contributed by atoms with Crippen LogP contribution in [0.3, 0.4) is 0 Å². The summed E-state index contributed by atoms with van der Waals surface area (Å²) in [6.45, 7) is 0.547. The van der Waals surface area contributed by atoms with Gasteiger partial charge in [-0.05, 0) is 24.5 Å². The van der Waals surface area contributed by atoms with Crippen LogP contribution in [0.2, 0.25) is 0 Å². The molecule has 1 saturated heterocycles. The van der Waals surface area contributed by atoms with Crippen LogP contribution in [0.25, 0.3) is 0 Å². The zero-order chi connectivity index (χ0) is 15.7. The molecule has 1 aromatic rings. The number of hydrogen-bond donors (Lipinski definition) is 0. The first kappa shape index (κ1) is 14.7. The first-order chi connectivity index (χ1) is 10.6. The number of aryl methyl sites for hydroxylation is 1. The second-order valence-corrected chi connectivity index (χ2v) is 5.59. The van der Waals surface area contributed by atoms with E-state index in [1.807, 2.05) is 6.07 Å². The summed E-state index contributed by atoms with van der Waals surface area (Å²) in [6.07, 6.45) is 2.00. The van der Waals surface area contributed by atoms with Crippen LogP contribution in [0.4, 0.5) is 10.1 Å². The minimum Gasteiger partial charge on any atom is -0.309 e. The molecule has 116 valence electrons. The van der Waals surface area contributed by atoms with Gasteiger partial charge in [-0.1, -0.05) is 12.1 Å². The van der Waals surface area contributed by atoms with E-state index in [2.05, 4.69) is 0 Å². The number of carbonyl (C=O) groups is 3. The summed E-state index contributed by atoms with van der Waals surface area (Å²) in [4.78, 5) is 38.1. The normalized spacial score (nSPS) is 17.9. The summed E-state index contributed by atoms with van der Waals surface area (Å²) >= 11 is 0. The van der Waals surface area contributed by atoms with Crippen molar-refractivity contribution in [2.24, 2.45) is 0 Å². The van der Waals surface area contributed by atoms with E-state index in [0.29, 0.717) is 12.2 Å². The fourth-order valence-electron chi connectivity index (χ4n) is 3.07. The van der Waals surface area contributed by atoms with Crippen molar-refractivity contribution in [1.29, 1.82) is 0 Å². The van der Waals surface area contributed by atoms with Gasteiger partial charge >= 0.3 is 0 Å². The average Bonchev–Trinajstić information content (AvgIpc) is 2.83. The lowest BCUT2D eigenvalue weighted by Crippen LogP contribution is -2.39. The molecule has 0 N–H and O–H groups in total. The number of fused-ring (bicyclic) bond motifs is 1. The van der Waals surface area contributed by atoms with Crippen molar-refractivity contribution >= 4 is 23.4 Å². The fourth-order valence-corrected chi connectivity index (χ4v) is 3.07. The number of nitrogens with zero attached hydrogens (tertiary/aromatic N) is 2. The maximum absolute atomic E-state index is 14.0. The van der Waals surface area contributed by atoms with Crippen molar-refractivity contribution in [1.82, 2.24) is 4.90 Å². The number of rotatable bonds is 3. The highest BCUT2D eigenvalue weighted by atomic mass is 19.1. The molecule has 0 unspecified atom stereocenters. The number of para-hydroxylation sites is 1. The molecule has 0 saturated carbocycles. The molecule has 6 heteroatoms. The van der Waals surface area contributed by atoms with Crippen LogP contribution in [0.5, 0.6) is 0 Å². The second kappa shape index (κ2) is 5.87. The highest BCUT2D eigenvalue weighted by molar-refractivity contribution is 6.02. The Morgan fingerprint density at radius 3 is 2.59 bits per heavy atom. The predicted molar refractivity (Wildman–Crippen MR) is 77.6 cm³/mol. The van der Waals surface area contributed by atoms with E-state index >= 15 is 0 Å². The molecule has 0 radical (unpaired) electrons. The average molecular weight is 304 g/mol. The lowest BCUT2D eigenvalue weighted by atomic mass is 10.0. The summed E-state index contributed by atoms with van der Waals surface area (Å²) < 4.78 is 14.0. The minimum atomic E-state index is -0.404. The summed E-state index contributed by atoms with van der Waals surface area (Å²) in [7, 11) is 0. The van der Waals surface area contributed by atoms with Crippen molar-refractivity contribution in [2.75, 3.05) is 18.0 Å². The van der Waals surface area contributed by atoms with Gasteiger partial charge in [-0.2, -0.15) is 0 Å². The summed E-state index contributed by atoms with van der Waals surface area (Å²) in [5.41, 5.74) is 1.17. The third-order valence-corrected chi connectivity index (χ3v) is 4.17. The van der Waals surface area contributed by atoms with E-state index in [9.17, 15) is 18.8 Å². The van der Waals surface area contributed by atoms with Gasteiger partial charge in [-0.3, -0.25) is 19.3 Å². The number of carbonyl (C=O) groups excluding carboxylic acids is 3. The molecule has 3 amide bonds. The number of halogens is 1. The van der Waals surface area contributed by atoms with E-state index in [0.717, 1.165) is 23.3 Å². The van der Waals surface area contributed by atoms with E-state index in [1.165, 1.54) is 11.0 Å². The molecule has 0 atom stereocenters. The van der Waals surface area contributed by atoms with Gasteiger partial charge in [0.25, 0.3) is 0 Å². The van der Waals surface area contributed by atoms with Gasteiger partial charge in [0.1, 0.15) is 5.82 Å². The maximum atomic E-state index is 14.0. The van der Waals surface area contributed by atoms with Gasteiger partial charge in [-0.25, -0.2) is 4.39 Å². The lowest BCUT2D eigenvalue weighted by Gasteiger charge is -2.30. The van der Waals surface area contributed by atoms with Gasteiger partial charge in [0.15, 0.2) is 0 Å². The van der Waals surface area contributed by atoms with Crippen molar-refractivity contribution in [3.05, 3.63) is 29.6 Å². The Morgan fingerprint density at radius 2 is 1.86 bits per heavy atom. The first-order valence-corrected chi connectivity index (χ1v) is 7.49. The van der Waals surface area contributed by atoms with Crippen LogP contribution >= 0.6 is 0 Å². The highest BCUT2D eigenvalue weighted by Crippen LogP contribution is 2.30. The number of hydrogen-bond acceptors (Lipinski definition) is 3. The molecular formula is C16H17FN2O3. The van der Waals surface area contributed by atoms with Crippen LogP contribution in [-0.2, 0) is 20.8 Å². The molecule has 0 spiro atoms. The monoisotopic (exact) mass is 304 g/mol. The standard InChI is InChI=1S/C16H17FN2O3/c17-12-5-1-3-11-4-2-9-19(16(11)12)15(22)8-10-18-13(20)6-7-14(18)21/h1,3,5H,2,4,6-10H2. The molecule has 1 aromatic carbocycles. The molecule has 0 bridgehead atoms. The zero-order valence-electron chi connectivity index (χ0n) is 12.2. The van der Waals surface area contributed by atoms with Gasteiger partial charge in [0.05, 0.1) is 5.69 Å². The van der Waals surface area contributed by atoms with Crippen LogP contribution < -0.4 is 4.90 Å². The highest BCUT2D eigenvalue weighted by Gasteiger charge is 2.31. The zero-order valence-corrected chi connectivity index (χ0v) is 12.2. The lowest BCUT2D eigenvalue weighted by molar-refractivity contribution is -0.138. The predicted octanol–water partition coefficient (Wildman–Crippen LogP) is 1.64. The molecule has 3 rings (SSSR count). The smallest absolute Gasteiger partial charge is 0.229 e. The van der Waals surface area contributed by atoms with E-state index in [1.54, 1.807) is 6.07 Å². The number of amides is 3. The molecule has 5 nitrogen and oxygen atoms in total. The van der Waals surface area contributed by atoms with Crippen LogP contribution in [0.1, 0.15) is 31.2 Å². The minimum absolute atomic E-state index is 0.0330. The molecule has 22 heavy (non-hydrogen) atoms. The fraction of sp³-hybridized carbons (Fsp3) is 0.438. The number of likely N-dealkylation sites (tertiary alicyclic amines) is 1. The molecule has 2 aliphatic heterocycles. The molecule has 2 heterocycles. The molecule has 0 aliphatic carbocycles. The Morgan fingerprint density at radius 1 is 1.14 bits per heavy atom. The maximum Gasteiger partial charge on any atom is 0.229 e. The van der Waals surface area contributed by atoms with Crippen molar-refractivity contribution in [3.8, 4) is 0 Å². The van der Waals surface area contributed by atoms with E-state index in [-0.39, 0.29) is 43.5 Å². The largest absolute Gasteiger partial charge is 0.309 e. The summed E-state index contributed by atoms with van der Waals surface area (Å²) in [5.74, 6) is -1.12. The van der Waals surface area contributed by atoms with E-state index in [4.69, 9.17) is 0 Å². The molecular weight excluding hydrogens is 287 g/mol. The topological polar surface area (TPSA) is 57.7 Å². The van der Waals surface area contributed by atoms with Crippen LogP contribution in [-0.4, -0.2) is 35.7 Å². The Balaban J connectivity index is 1.72. The van der Waals surface area contributed by atoms with E-state index < -0.39 is 5.82 Å². The second-order valence-electron chi connectivity index (χ2n) is 5.59. The third kappa shape index (κ3) is 2.61. The molecule has 2 aliphatic rings. The van der Waals surface area contributed by atoms with Crippen molar-refractivity contribution in [2.45, 2.75) is 32.1 Å². The number of imide groups is 1. The first-order valence-electron chi connectivity index (χ1n) is 7.49. The van der Waals surface area contributed by atoms with Gasteiger partial charge in [0, 0.05) is 32.4 Å². The Kier molecular flexibility index (Phi) is 3.92. The quantitative estimate of drug-likeness (QED) is 0.798. The van der Waals surface area contributed by atoms with Crippen LogP contribution in [0, 0.1) is 5.82 Å². The van der Waals surface area contributed by atoms with Crippen molar-refractivity contribution in [3.63, 3.8) is 0 Å². The Bertz CT molecular complexity index is 628. The molecule has 0 aromatic heterocycles. The summed E-state index contributed by atoms with van der Waals surface area (Å²) in [6, 6.07) is 4.81. The van der Waals surface area contributed by atoms with Crippen molar-refractivity contribution < 1.29 is 18.8 Å². The Labute approximate surface area is 127 Å². The van der Waals surface area contributed by atoms with Gasteiger partial charge < -0.3 is 4.90 Å². The Hall–Kier alpha value is -2.24. The molecule has 1 fully saturated rings. The number of benzene rings is 1. The number of anilines is 1.